The molecule has 0 N–H and O–H groups in total. The molecule has 9 nitrogen and oxygen atoms in total. The lowest BCUT2D eigenvalue weighted by Gasteiger charge is -2.14. The third-order valence-corrected chi connectivity index (χ3v) is 6.71. The van der Waals surface area contributed by atoms with Gasteiger partial charge in [-0.2, -0.15) is 0 Å². The van der Waals surface area contributed by atoms with E-state index >= 15 is 0 Å². The molecule has 0 bridgehead atoms. The molecule has 0 unspecified atom stereocenters. The maximum absolute atomic E-state index is 13.2. The summed E-state index contributed by atoms with van der Waals surface area (Å²) < 4.78 is 27.2. The fraction of sp³-hybridized carbons (Fsp3) is 0.273. The van der Waals surface area contributed by atoms with Crippen LogP contribution in [0.2, 0.25) is 0 Å². The number of pyridine rings is 1. The van der Waals surface area contributed by atoms with Gasteiger partial charge in [-0.3, -0.25) is 0 Å². The zero-order valence-corrected chi connectivity index (χ0v) is 24.3. The van der Waals surface area contributed by atoms with Crippen molar-refractivity contribution in [2.24, 2.45) is 0 Å². The Labute approximate surface area is 244 Å². The van der Waals surface area contributed by atoms with Crippen LogP contribution in [0.15, 0.2) is 60.8 Å². The molecule has 42 heavy (non-hydrogen) atoms. The Morgan fingerprint density at radius 3 is 1.57 bits per heavy atom. The van der Waals surface area contributed by atoms with E-state index in [1.54, 1.807) is 38.5 Å². The quantitative estimate of drug-likeness (QED) is 0.150. The van der Waals surface area contributed by atoms with Crippen molar-refractivity contribution in [3.63, 3.8) is 0 Å². The summed E-state index contributed by atoms with van der Waals surface area (Å²) >= 11 is 0. The second-order valence-corrected chi connectivity index (χ2v) is 9.50. The standard InChI is InChI=1S/C33H33NO8/c1-6-8-20-10-12-22(16-29(20)38-3)31(35)41-27-14-15-28(25-19-34-26(18-24(25)27)33(37)40-5)42-32(36)23-13-11-21(9-7-2)30(17-23)39-4/h10-19H,6-9H2,1-5H3. The Hall–Kier alpha value is -4.92. The van der Waals surface area contributed by atoms with E-state index < -0.39 is 17.9 Å². The molecule has 0 aliphatic heterocycles. The van der Waals surface area contributed by atoms with Crippen molar-refractivity contribution in [1.82, 2.24) is 4.98 Å². The van der Waals surface area contributed by atoms with Gasteiger partial charge in [0.15, 0.2) is 0 Å². The van der Waals surface area contributed by atoms with Crippen LogP contribution in [0.25, 0.3) is 10.8 Å². The number of benzene rings is 3. The summed E-state index contributed by atoms with van der Waals surface area (Å²) in [5.74, 6) is -0.411. The molecule has 0 amide bonds. The van der Waals surface area contributed by atoms with E-state index in [4.69, 9.17) is 23.7 Å². The van der Waals surface area contributed by atoms with Crippen molar-refractivity contribution in [2.75, 3.05) is 21.3 Å². The highest BCUT2D eigenvalue weighted by Gasteiger charge is 2.20. The molecule has 218 valence electrons. The molecule has 4 rings (SSSR count). The number of fused-ring (bicyclic) bond motifs is 1. The van der Waals surface area contributed by atoms with Crippen LogP contribution in [0.3, 0.4) is 0 Å². The van der Waals surface area contributed by atoms with Gasteiger partial charge in [-0.1, -0.05) is 38.8 Å². The fourth-order valence-corrected chi connectivity index (χ4v) is 4.59. The minimum atomic E-state index is -0.674. The first-order valence-electron chi connectivity index (χ1n) is 13.6. The van der Waals surface area contributed by atoms with Crippen LogP contribution in [-0.4, -0.2) is 44.2 Å². The minimum absolute atomic E-state index is 0.00684. The van der Waals surface area contributed by atoms with Gasteiger partial charge >= 0.3 is 17.9 Å². The molecule has 3 aromatic carbocycles. The van der Waals surface area contributed by atoms with Crippen LogP contribution in [0.1, 0.15) is 69.0 Å². The zero-order chi connectivity index (χ0) is 30.2. The first kappa shape index (κ1) is 30.0. The molecule has 0 aliphatic rings. The second-order valence-electron chi connectivity index (χ2n) is 9.50. The highest BCUT2D eigenvalue weighted by Crippen LogP contribution is 2.35. The summed E-state index contributed by atoms with van der Waals surface area (Å²) in [5, 5.41) is 0.682. The van der Waals surface area contributed by atoms with Gasteiger partial charge in [0.25, 0.3) is 0 Å². The summed E-state index contributed by atoms with van der Waals surface area (Å²) in [6, 6.07) is 14.7. The van der Waals surface area contributed by atoms with Crippen LogP contribution < -0.4 is 18.9 Å². The molecule has 0 saturated heterocycles. The summed E-state index contributed by atoms with van der Waals surface area (Å²) in [4.78, 5) is 42.7. The molecule has 0 spiro atoms. The lowest BCUT2D eigenvalue weighted by molar-refractivity contribution is 0.0593. The van der Waals surface area contributed by atoms with E-state index in [1.165, 1.54) is 31.5 Å². The van der Waals surface area contributed by atoms with Crippen molar-refractivity contribution >= 4 is 28.7 Å². The average Bonchev–Trinajstić information content (AvgIpc) is 3.02. The lowest BCUT2D eigenvalue weighted by atomic mass is 10.1. The fourth-order valence-electron chi connectivity index (χ4n) is 4.59. The summed E-state index contributed by atoms with van der Waals surface area (Å²) in [6.07, 6.45) is 4.85. The maximum Gasteiger partial charge on any atom is 0.356 e. The number of rotatable bonds is 11. The van der Waals surface area contributed by atoms with Crippen LogP contribution in [0, 0.1) is 0 Å². The average molecular weight is 572 g/mol. The Bertz CT molecular complexity index is 1630. The Morgan fingerprint density at radius 1 is 0.619 bits per heavy atom. The van der Waals surface area contributed by atoms with Gasteiger partial charge < -0.3 is 23.7 Å². The SMILES string of the molecule is CCCc1ccc(C(=O)Oc2ccc(OC(=O)c3ccc(CCC)c(OC)c3)c3cc(C(=O)OC)ncc23)cc1OC. The van der Waals surface area contributed by atoms with Crippen molar-refractivity contribution in [3.8, 4) is 23.0 Å². The van der Waals surface area contributed by atoms with Crippen LogP contribution in [0.5, 0.6) is 23.0 Å². The van der Waals surface area contributed by atoms with Gasteiger partial charge in [-0.05, 0) is 66.4 Å². The molecule has 0 aliphatic carbocycles. The van der Waals surface area contributed by atoms with Gasteiger partial charge in [0.2, 0.25) is 0 Å². The van der Waals surface area contributed by atoms with Gasteiger partial charge in [0.05, 0.1) is 32.5 Å². The lowest BCUT2D eigenvalue weighted by Crippen LogP contribution is -2.12. The third kappa shape index (κ3) is 6.52. The number of hydrogen-bond donors (Lipinski definition) is 0. The molecule has 0 saturated carbocycles. The Balaban J connectivity index is 1.70. The number of methoxy groups -OCH3 is 3. The van der Waals surface area contributed by atoms with E-state index in [9.17, 15) is 14.4 Å². The number of nitrogens with zero attached hydrogens (tertiary/aromatic N) is 1. The molecular weight excluding hydrogens is 538 g/mol. The maximum atomic E-state index is 13.2. The minimum Gasteiger partial charge on any atom is -0.496 e. The second kappa shape index (κ2) is 13.6. The zero-order valence-electron chi connectivity index (χ0n) is 24.3. The van der Waals surface area contributed by atoms with Crippen molar-refractivity contribution < 1.29 is 38.1 Å². The number of esters is 3. The molecule has 0 radical (unpaired) electrons. The number of hydrogen-bond acceptors (Lipinski definition) is 9. The number of carbonyl (C=O) groups excluding carboxylic acids is 3. The van der Waals surface area contributed by atoms with Crippen molar-refractivity contribution in [3.05, 3.63) is 88.7 Å². The first-order chi connectivity index (χ1) is 20.3. The van der Waals surface area contributed by atoms with Gasteiger partial charge in [-0.15, -0.1) is 0 Å². The number of aryl methyl sites for hydroxylation is 2. The van der Waals surface area contributed by atoms with Crippen LogP contribution in [-0.2, 0) is 17.6 Å². The van der Waals surface area contributed by atoms with E-state index in [1.807, 2.05) is 12.1 Å². The Kier molecular flexibility index (Phi) is 9.75. The monoisotopic (exact) mass is 571 g/mol. The molecular formula is C33H33NO8. The van der Waals surface area contributed by atoms with Gasteiger partial charge in [0, 0.05) is 17.0 Å². The number of ether oxygens (including phenoxy) is 5. The number of aromatic nitrogens is 1. The van der Waals surface area contributed by atoms with E-state index in [0.717, 1.165) is 36.8 Å². The molecule has 4 aromatic rings. The van der Waals surface area contributed by atoms with Gasteiger partial charge in [-0.25, -0.2) is 19.4 Å². The largest absolute Gasteiger partial charge is 0.496 e. The molecule has 0 fully saturated rings. The summed E-state index contributed by atoms with van der Waals surface area (Å²) in [7, 11) is 4.34. The van der Waals surface area contributed by atoms with Crippen LogP contribution >= 0.6 is 0 Å². The van der Waals surface area contributed by atoms with E-state index in [0.29, 0.717) is 27.8 Å². The summed E-state index contributed by atoms with van der Waals surface area (Å²) in [5.41, 5.74) is 2.56. The highest BCUT2D eigenvalue weighted by atomic mass is 16.5. The number of carbonyl (C=O) groups is 3. The topological polar surface area (TPSA) is 110 Å². The first-order valence-corrected chi connectivity index (χ1v) is 13.6. The third-order valence-electron chi connectivity index (χ3n) is 6.71. The van der Waals surface area contributed by atoms with Crippen molar-refractivity contribution in [2.45, 2.75) is 39.5 Å². The predicted octanol–water partition coefficient (Wildman–Crippen LogP) is 6.38. The Morgan fingerprint density at radius 2 is 1.12 bits per heavy atom. The van der Waals surface area contributed by atoms with Gasteiger partial charge in [0.1, 0.15) is 28.7 Å². The normalized spacial score (nSPS) is 10.7. The van der Waals surface area contributed by atoms with Crippen molar-refractivity contribution in [1.29, 1.82) is 0 Å². The summed E-state index contributed by atoms with van der Waals surface area (Å²) in [6.45, 7) is 4.12. The molecule has 1 aromatic heterocycles. The molecule has 1 heterocycles. The van der Waals surface area contributed by atoms with E-state index in [2.05, 4.69) is 18.8 Å². The highest BCUT2D eigenvalue weighted by molar-refractivity contribution is 6.02. The molecule has 0 atom stereocenters. The smallest absolute Gasteiger partial charge is 0.356 e. The van der Waals surface area contributed by atoms with E-state index in [-0.39, 0.29) is 22.8 Å². The van der Waals surface area contributed by atoms with Crippen LogP contribution in [0.4, 0.5) is 0 Å². The molecule has 9 heteroatoms. The predicted molar refractivity (Wildman–Crippen MR) is 157 cm³/mol.